The first-order valence-electron chi connectivity index (χ1n) is 11.8. The second-order valence-electron chi connectivity index (χ2n) is 11.5. The van der Waals surface area contributed by atoms with E-state index < -0.39 is 22.1 Å². The van der Waals surface area contributed by atoms with Gasteiger partial charge in [0.25, 0.3) is 5.91 Å². The summed E-state index contributed by atoms with van der Waals surface area (Å²) in [7, 11) is 0. The van der Waals surface area contributed by atoms with Gasteiger partial charge in [0.1, 0.15) is 22.4 Å². The maximum absolute atomic E-state index is 13.9. The predicted octanol–water partition coefficient (Wildman–Crippen LogP) is 3.14. The highest BCUT2D eigenvalue weighted by Crippen LogP contribution is 2.61. The first-order valence-corrected chi connectivity index (χ1v) is 11.8. The Bertz CT molecular complexity index is 1300. The standard InChI is InChI=1S/C26H27N3O4/c1-23(2)10-8-15-17(33-23)7-6-14-16-12-26-18(24(3,4)20(16)29(32)19(14)15)13-25(21(30)27-26)9-5-11-28(25)22(26)31/h6-8,10,12,18H,5,9,11,13H2,1-4H3,(H,27,30)/t18-,25-,26-/m1/s1. The summed E-state index contributed by atoms with van der Waals surface area (Å²) in [6, 6.07) is 3.82. The number of ether oxygens (including phenoxy) is 1. The van der Waals surface area contributed by atoms with Crippen LogP contribution in [-0.2, 0) is 9.59 Å². The van der Waals surface area contributed by atoms with Gasteiger partial charge in [0.05, 0.1) is 22.1 Å². The van der Waals surface area contributed by atoms with Crippen LogP contribution in [0.1, 0.15) is 58.1 Å². The molecule has 7 aliphatic rings. The van der Waals surface area contributed by atoms with E-state index in [9.17, 15) is 14.8 Å². The number of carbonyl (C=O) groups excluding carboxylic acids is 2. The molecule has 7 nitrogen and oxygen atoms in total. The summed E-state index contributed by atoms with van der Waals surface area (Å²) in [5.41, 5.74) is 0.613. The van der Waals surface area contributed by atoms with Crippen LogP contribution in [0, 0.1) is 16.5 Å². The normalized spacial score (nSPS) is 35.8. The zero-order chi connectivity index (χ0) is 23.1. The van der Waals surface area contributed by atoms with Crippen molar-refractivity contribution in [3.05, 3.63) is 40.6 Å². The summed E-state index contributed by atoms with van der Waals surface area (Å²) in [4.78, 5) is 29.0. The van der Waals surface area contributed by atoms with Crippen molar-refractivity contribution in [2.24, 2.45) is 11.3 Å². The summed E-state index contributed by atoms with van der Waals surface area (Å²) in [6.07, 6.45) is 7.93. The van der Waals surface area contributed by atoms with Crippen LogP contribution in [0.3, 0.4) is 0 Å². The molecule has 170 valence electrons. The Morgan fingerprint density at radius 3 is 2.79 bits per heavy atom. The van der Waals surface area contributed by atoms with Gasteiger partial charge in [-0.15, -0.1) is 0 Å². The summed E-state index contributed by atoms with van der Waals surface area (Å²) < 4.78 is 7.18. The van der Waals surface area contributed by atoms with Gasteiger partial charge in [-0.25, -0.2) is 0 Å². The van der Waals surface area contributed by atoms with E-state index in [2.05, 4.69) is 19.2 Å². The van der Waals surface area contributed by atoms with Gasteiger partial charge < -0.3 is 20.2 Å². The van der Waals surface area contributed by atoms with Gasteiger partial charge in [0.15, 0.2) is 0 Å². The Labute approximate surface area is 192 Å². The molecule has 1 N–H and O–H groups in total. The predicted molar refractivity (Wildman–Crippen MR) is 123 cm³/mol. The van der Waals surface area contributed by atoms with Gasteiger partial charge in [0, 0.05) is 12.5 Å². The lowest BCUT2D eigenvalue weighted by atomic mass is 9.51. The number of nitrogens with one attached hydrogen (secondary N) is 1. The third-order valence-corrected chi connectivity index (χ3v) is 8.93. The van der Waals surface area contributed by atoms with Crippen LogP contribution in [0.2, 0.25) is 0 Å². The van der Waals surface area contributed by atoms with Crippen LogP contribution < -0.4 is 10.1 Å². The van der Waals surface area contributed by atoms with E-state index in [0.29, 0.717) is 36.5 Å². The molecule has 6 heterocycles. The number of piperidine rings is 2. The SMILES string of the molecule is CC1(C)C=Cc2c(ccc3c2[N+]([O-])=C2C3=C[C@]34NC(=O)[C@@]5(CCCN5C3=O)C[C@@H]4C2(C)C)O1. The zero-order valence-corrected chi connectivity index (χ0v) is 19.3. The van der Waals surface area contributed by atoms with Crippen molar-refractivity contribution >= 4 is 34.9 Å². The average Bonchev–Trinajstić information content (AvgIpc) is 3.29. The van der Waals surface area contributed by atoms with Gasteiger partial charge in [-0.2, -0.15) is 4.74 Å². The molecule has 0 aromatic heterocycles. The van der Waals surface area contributed by atoms with Crippen LogP contribution in [-0.4, -0.2) is 50.4 Å². The first-order chi connectivity index (χ1) is 15.5. The third-order valence-electron chi connectivity index (χ3n) is 8.93. The van der Waals surface area contributed by atoms with E-state index in [1.165, 1.54) is 0 Å². The van der Waals surface area contributed by atoms with Crippen molar-refractivity contribution in [3.8, 4) is 5.75 Å². The van der Waals surface area contributed by atoms with E-state index >= 15 is 0 Å². The molecule has 1 aliphatic carbocycles. The van der Waals surface area contributed by atoms with Crippen molar-refractivity contribution in [2.45, 2.75) is 63.6 Å². The van der Waals surface area contributed by atoms with Crippen LogP contribution in [0.25, 0.3) is 11.6 Å². The molecule has 7 heteroatoms. The van der Waals surface area contributed by atoms with E-state index in [-0.39, 0.29) is 17.7 Å². The van der Waals surface area contributed by atoms with Crippen LogP contribution in [0.4, 0.5) is 5.69 Å². The fourth-order valence-electron chi connectivity index (χ4n) is 7.43. The molecule has 4 saturated heterocycles. The number of rotatable bonds is 0. The highest BCUT2D eigenvalue weighted by molar-refractivity contribution is 6.30. The van der Waals surface area contributed by atoms with Gasteiger partial charge in [-0.1, -0.05) is 0 Å². The molecular weight excluding hydrogens is 418 g/mol. The molecule has 2 amide bonds. The Morgan fingerprint density at radius 1 is 1.21 bits per heavy atom. The number of piperazine rings is 1. The Balaban J connectivity index is 1.49. The Kier molecular flexibility index (Phi) is 3.14. The summed E-state index contributed by atoms with van der Waals surface area (Å²) in [5, 5.41) is 17.0. The smallest absolute Gasteiger partial charge is 0.253 e. The fraction of sp³-hybridized carbons (Fsp3) is 0.500. The maximum atomic E-state index is 13.9. The molecule has 0 saturated carbocycles. The van der Waals surface area contributed by atoms with Crippen molar-refractivity contribution < 1.29 is 19.1 Å². The van der Waals surface area contributed by atoms with Crippen molar-refractivity contribution in [2.75, 3.05) is 6.54 Å². The number of benzene rings is 1. The minimum atomic E-state index is -1.11. The molecule has 6 aliphatic heterocycles. The van der Waals surface area contributed by atoms with E-state index in [1.54, 1.807) is 0 Å². The molecule has 8 rings (SSSR count). The maximum Gasteiger partial charge on any atom is 0.253 e. The molecule has 1 aromatic rings. The lowest BCUT2D eigenvalue weighted by molar-refractivity contribution is -0.362. The Morgan fingerprint density at radius 2 is 2.00 bits per heavy atom. The highest BCUT2D eigenvalue weighted by Gasteiger charge is 2.74. The van der Waals surface area contributed by atoms with Crippen LogP contribution in [0.15, 0.2) is 24.3 Å². The number of nitrogens with zero attached hydrogens (tertiary/aromatic N) is 2. The van der Waals surface area contributed by atoms with Crippen molar-refractivity contribution in [3.63, 3.8) is 0 Å². The molecule has 2 spiro atoms. The van der Waals surface area contributed by atoms with Gasteiger partial charge in [-0.05, 0) is 77.3 Å². The molecule has 2 bridgehead atoms. The quantitative estimate of drug-likeness (QED) is 0.491. The van der Waals surface area contributed by atoms with Gasteiger partial charge in [0.2, 0.25) is 17.3 Å². The van der Waals surface area contributed by atoms with E-state index in [4.69, 9.17) is 4.74 Å². The fourth-order valence-corrected chi connectivity index (χ4v) is 7.43. The van der Waals surface area contributed by atoms with Crippen LogP contribution in [0.5, 0.6) is 5.75 Å². The summed E-state index contributed by atoms with van der Waals surface area (Å²) in [6.45, 7) is 8.69. The van der Waals surface area contributed by atoms with E-state index in [0.717, 1.165) is 27.9 Å². The molecule has 0 unspecified atom stereocenters. The van der Waals surface area contributed by atoms with Gasteiger partial charge in [-0.3, -0.25) is 9.59 Å². The molecular formula is C26H27N3O4. The zero-order valence-electron chi connectivity index (χ0n) is 19.3. The summed E-state index contributed by atoms with van der Waals surface area (Å²) >= 11 is 0. The largest absolute Gasteiger partial charge is 0.618 e. The first kappa shape index (κ1) is 19.4. The second kappa shape index (κ2) is 5.34. The second-order valence-corrected chi connectivity index (χ2v) is 11.5. The topological polar surface area (TPSA) is 84.7 Å². The Hall–Kier alpha value is -3.09. The number of hydrogen-bond donors (Lipinski definition) is 1. The number of allylic oxidation sites excluding steroid dienone is 1. The van der Waals surface area contributed by atoms with Crippen LogP contribution >= 0.6 is 0 Å². The number of amides is 2. The third kappa shape index (κ3) is 1.98. The molecule has 0 radical (unpaired) electrons. The number of hydrogen-bond acceptors (Lipinski definition) is 4. The minimum absolute atomic E-state index is 0.0238. The number of fused-ring (bicyclic) bond motifs is 6. The molecule has 1 aromatic carbocycles. The minimum Gasteiger partial charge on any atom is -0.618 e. The van der Waals surface area contributed by atoms with Crippen molar-refractivity contribution in [1.82, 2.24) is 10.2 Å². The number of carbonyl (C=O) groups is 2. The molecule has 3 atom stereocenters. The monoisotopic (exact) mass is 445 g/mol. The van der Waals surface area contributed by atoms with Crippen molar-refractivity contribution in [1.29, 1.82) is 0 Å². The lowest BCUT2D eigenvalue weighted by Crippen LogP contribution is -2.83. The molecule has 4 fully saturated rings. The average molecular weight is 446 g/mol. The lowest BCUT2D eigenvalue weighted by Gasteiger charge is -2.62. The molecule has 33 heavy (non-hydrogen) atoms. The highest BCUT2D eigenvalue weighted by atomic mass is 16.5. The van der Waals surface area contributed by atoms with Gasteiger partial charge >= 0.3 is 0 Å². The van der Waals surface area contributed by atoms with E-state index in [1.807, 2.05) is 49.1 Å². The summed E-state index contributed by atoms with van der Waals surface area (Å²) in [5.74, 6) is 0.424.